The molecule has 0 spiro atoms. The number of hydrogen-bond donors (Lipinski definition) is 0. The molecule has 1 rings (SSSR count). The van der Waals surface area contributed by atoms with Crippen LogP contribution < -0.4 is 0 Å². The van der Waals surface area contributed by atoms with Gasteiger partial charge in [0.05, 0.1) is 4.92 Å². The maximum atomic E-state index is 12.1. The predicted molar refractivity (Wildman–Crippen MR) is 70.1 cm³/mol. The molecule has 0 bridgehead atoms. The number of alkyl halides is 1. The van der Waals surface area contributed by atoms with Gasteiger partial charge in [0.25, 0.3) is 11.6 Å². The van der Waals surface area contributed by atoms with E-state index in [0.29, 0.717) is 17.7 Å². The number of amides is 1. The molecule has 0 fully saturated rings. The Morgan fingerprint density at radius 3 is 2.61 bits per heavy atom. The molecule has 6 heteroatoms. The van der Waals surface area contributed by atoms with Gasteiger partial charge >= 0.3 is 0 Å². The maximum absolute atomic E-state index is 12.1. The topological polar surface area (TPSA) is 63.5 Å². The van der Waals surface area contributed by atoms with Crippen molar-refractivity contribution in [1.29, 1.82) is 0 Å². The lowest BCUT2D eigenvalue weighted by atomic mass is 10.1. The molecule has 0 saturated heterocycles. The highest BCUT2D eigenvalue weighted by Gasteiger charge is 2.17. The minimum Gasteiger partial charge on any atom is -0.340 e. The Hall–Kier alpha value is -1.62. The van der Waals surface area contributed by atoms with E-state index in [4.69, 9.17) is 11.6 Å². The van der Waals surface area contributed by atoms with E-state index in [9.17, 15) is 14.9 Å². The van der Waals surface area contributed by atoms with E-state index in [0.717, 1.165) is 0 Å². The number of carbonyl (C=O) groups is 1. The highest BCUT2D eigenvalue weighted by molar-refractivity contribution is 6.20. The third-order valence-corrected chi connectivity index (χ3v) is 2.66. The molecule has 1 atom stereocenters. The molecule has 0 aliphatic rings. The van der Waals surface area contributed by atoms with Crippen LogP contribution in [0.1, 0.15) is 22.8 Å². The van der Waals surface area contributed by atoms with Crippen molar-refractivity contribution < 1.29 is 9.72 Å². The molecule has 98 valence electrons. The van der Waals surface area contributed by atoms with E-state index in [2.05, 4.69) is 0 Å². The molecule has 0 aliphatic heterocycles. The van der Waals surface area contributed by atoms with Crippen LogP contribution in [0.2, 0.25) is 0 Å². The monoisotopic (exact) mass is 270 g/mol. The molecular formula is C12H15ClN2O3. The Morgan fingerprint density at radius 1 is 1.56 bits per heavy atom. The van der Waals surface area contributed by atoms with Crippen LogP contribution in [0.15, 0.2) is 18.2 Å². The van der Waals surface area contributed by atoms with Gasteiger partial charge in [0.1, 0.15) is 0 Å². The molecule has 18 heavy (non-hydrogen) atoms. The summed E-state index contributed by atoms with van der Waals surface area (Å²) in [5.74, 6) is -0.185. The highest BCUT2D eigenvalue weighted by atomic mass is 35.5. The van der Waals surface area contributed by atoms with Gasteiger partial charge in [-0.25, -0.2) is 0 Å². The van der Waals surface area contributed by atoms with Crippen LogP contribution in [0.4, 0.5) is 5.69 Å². The van der Waals surface area contributed by atoms with Crippen molar-refractivity contribution >= 4 is 23.2 Å². The van der Waals surface area contributed by atoms with E-state index in [-0.39, 0.29) is 17.0 Å². The van der Waals surface area contributed by atoms with Gasteiger partial charge < -0.3 is 4.90 Å². The summed E-state index contributed by atoms with van der Waals surface area (Å²) in [6, 6.07) is 4.20. The van der Waals surface area contributed by atoms with Crippen LogP contribution in [-0.2, 0) is 0 Å². The fraction of sp³-hybridized carbons (Fsp3) is 0.417. The lowest BCUT2D eigenvalue weighted by Crippen LogP contribution is -2.31. The standard InChI is InChI=1S/C12H15ClN2O3/c1-8-6-10(15(17)18)4-5-11(8)12(16)14(3)7-9(2)13/h4-6,9H,7H2,1-3H3. The minimum absolute atomic E-state index is 0.0163. The minimum atomic E-state index is -0.480. The molecule has 1 amide bonds. The largest absolute Gasteiger partial charge is 0.340 e. The number of non-ortho nitro benzene ring substituents is 1. The molecule has 0 saturated carbocycles. The third kappa shape index (κ3) is 3.43. The smallest absolute Gasteiger partial charge is 0.269 e. The van der Waals surface area contributed by atoms with Crippen LogP contribution in [0.3, 0.4) is 0 Å². The summed E-state index contributed by atoms with van der Waals surface area (Å²) in [4.78, 5) is 23.7. The van der Waals surface area contributed by atoms with Crippen LogP contribution in [-0.4, -0.2) is 34.7 Å². The first-order chi connectivity index (χ1) is 8.32. The summed E-state index contributed by atoms with van der Waals surface area (Å²) in [6.45, 7) is 3.91. The van der Waals surface area contributed by atoms with E-state index in [1.54, 1.807) is 20.9 Å². The first-order valence-corrected chi connectivity index (χ1v) is 5.91. The van der Waals surface area contributed by atoms with Crippen molar-refractivity contribution in [2.24, 2.45) is 0 Å². The predicted octanol–water partition coefficient (Wildman–Crippen LogP) is 2.60. The molecule has 5 nitrogen and oxygen atoms in total. The number of rotatable bonds is 4. The average molecular weight is 271 g/mol. The molecule has 0 aromatic heterocycles. The third-order valence-electron chi connectivity index (χ3n) is 2.52. The fourth-order valence-electron chi connectivity index (χ4n) is 1.67. The van der Waals surface area contributed by atoms with Crippen molar-refractivity contribution in [3.63, 3.8) is 0 Å². The quantitative estimate of drug-likeness (QED) is 0.480. The maximum Gasteiger partial charge on any atom is 0.269 e. The Morgan fingerprint density at radius 2 is 2.17 bits per heavy atom. The number of benzene rings is 1. The van der Waals surface area contributed by atoms with E-state index in [1.807, 2.05) is 0 Å². The number of nitrogens with zero attached hydrogens (tertiary/aromatic N) is 2. The van der Waals surface area contributed by atoms with Gasteiger partial charge in [0.2, 0.25) is 0 Å². The Bertz CT molecular complexity index is 474. The number of halogens is 1. The average Bonchev–Trinajstić information content (AvgIpc) is 2.26. The summed E-state index contributed by atoms with van der Waals surface area (Å²) >= 11 is 5.83. The summed E-state index contributed by atoms with van der Waals surface area (Å²) in [5.41, 5.74) is 1.03. The first-order valence-electron chi connectivity index (χ1n) is 5.47. The fourth-order valence-corrected chi connectivity index (χ4v) is 1.87. The van der Waals surface area contributed by atoms with Gasteiger partial charge in [0.15, 0.2) is 0 Å². The van der Waals surface area contributed by atoms with Gasteiger partial charge in [0, 0.05) is 36.7 Å². The van der Waals surface area contributed by atoms with Crippen molar-refractivity contribution in [1.82, 2.24) is 4.90 Å². The van der Waals surface area contributed by atoms with Crippen molar-refractivity contribution in [2.75, 3.05) is 13.6 Å². The van der Waals surface area contributed by atoms with E-state index in [1.165, 1.54) is 23.1 Å². The highest BCUT2D eigenvalue weighted by Crippen LogP contribution is 2.18. The second kappa shape index (κ2) is 5.82. The molecule has 1 aromatic carbocycles. The molecular weight excluding hydrogens is 256 g/mol. The van der Waals surface area contributed by atoms with Crippen LogP contribution >= 0.6 is 11.6 Å². The zero-order chi connectivity index (χ0) is 13.9. The number of nitro benzene ring substituents is 1. The number of carbonyl (C=O) groups excluding carboxylic acids is 1. The van der Waals surface area contributed by atoms with Crippen molar-refractivity contribution in [3.8, 4) is 0 Å². The molecule has 0 N–H and O–H groups in total. The Kier molecular flexibility index (Phi) is 4.67. The van der Waals surface area contributed by atoms with Gasteiger partial charge in [-0.3, -0.25) is 14.9 Å². The summed E-state index contributed by atoms with van der Waals surface area (Å²) in [6.07, 6.45) is 0. The Balaban J connectivity index is 2.96. The first kappa shape index (κ1) is 14.4. The van der Waals surface area contributed by atoms with Crippen LogP contribution in [0.25, 0.3) is 0 Å². The summed E-state index contributed by atoms with van der Waals surface area (Å²) in [7, 11) is 1.65. The number of nitro groups is 1. The molecule has 0 radical (unpaired) electrons. The van der Waals surface area contributed by atoms with E-state index < -0.39 is 4.92 Å². The number of aryl methyl sites for hydroxylation is 1. The van der Waals surface area contributed by atoms with Crippen molar-refractivity contribution in [2.45, 2.75) is 19.2 Å². The van der Waals surface area contributed by atoms with E-state index >= 15 is 0 Å². The van der Waals surface area contributed by atoms with Crippen LogP contribution in [0.5, 0.6) is 0 Å². The van der Waals surface area contributed by atoms with Crippen molar-refractivity contribution in [3.05, 3.63) is 39.4 Å². The Labute approximate surface area is 110 Å². The van der Waals surface area contributed by atoms with Gasteiger partial charge in [-0.1, -0.05) is 0 Å². The molecule has 0 heterocycles. The van der Waals surface area contributed by atoms with Gasteiger partial charge in [-0.2, -0.15) is 0 Å². The zero-order valence-electron chi connectivity index (χ0n) is 10.5. The van der Waals surface area contributed by atoms with Gasteiger partial charge in [-0.05, 0) is 25.5 Å². The second-order valence-corrected chi connectivity index (χ2v) is 4.97. The molecule has 1 unspecified atom stereocenters. The normalized spacial score (nSPS) is 12.0. The van der Waals surface area contributed by atoms with Gasteiger partial charge in [-0.15, -0.1) is 11.6 Å². The summed E-state index contributed by atoms with van der Waals surface area (Å²) in [5, 5.41) is 10.5. The SMILES string of the molecule is Cc1cc([N+](=O)[O-])ccc1C(=O)N(C)CC(C)Cl. The zero-order valence-corrected chi connectivity index (χ0v) is 11.3. The van der Waals surface area contributed by atoms with Crippen LogP contribution in [0, 0.1) is 17.0 Å². The number of hydrogen-bond acceptors (Lipinski definition) is 3. The lowest BCUT2D eigenvalue weighted by Gasteiger charge is -2.19. The second-order valence-electron chi connectivity index (χ2n) is 4.22. The molecule has 0 aliphatic carbocycles. The lowest BCUT2D eigenvalue weighted by molar-refractivity contribution is -0.384. The molecule has 1 aromatic rings. The summed E-state index contributed by atoms with van der Waals surface area (Å²) < 4.78 is 0.